The molecule has 120 valence electrons. The van der Waals surface area contributed by atoms with Gasteiger partial charge >= 0.3 is 0 Å². The molecular formula is C19H33NO. The van der Waals surface area contributed by atoms with Gasteiger partial charge < -0.3 is 0 Å². The van der Waals surface area contributed by atoms with Gasteiger partial charge in [-0.25, -0.2) is 0 Å². The summed E-state index contributed by atoms with van der Waals surface area (Å²) in [5, 5.41) is 0. The molecule has 2 heteroatoms. The first-order valence-electron chi connectivity index (χ1n) is 7.79. The lowest BCUT2D eigenvalue weighted by atomic mass is 10.0. The minimum absolute atomic E-state index is 0.781. The molecule has 0 heterocycles. The minimum Gasteiger partial charge on any atom is -0.299 e. The van der Waals surface area contributed by atoms with Crippen molar-refractivity contribution in [2.75, 3.05) is 7.05 Å². The van der Waals surface area contributed by atoms with Crippen LogP contribution >= 0.6 is 0 Å². The molecule has 21 heavy (non-hydrogen) atoms. The number of aldehydes is 1. The Morgan fingerprint density at radius 1 is 1.14 bits per heavy atom. The molecule has 0 fully saturated rings. The average molecular weight is 291 g/mol. The van der Waals surface area contributed by atoms with E-state index in [9.17, 15) is 4.79 Å². The van der Waals surface area contributed by atoms with E-state index in [2.05, 4.69) is 30.1 Å². The van der Waals surface area contributed by atoms with Crippen LogP contribution in [-0.2, 0) is 4.79 Å². The summed E-state index contributed by atoms with van der Waals surface area (Å²) in [5.41, 5.74) is 3.57. The van der Waals surface area contributed by atoms with Crippen molar-refractivity contribution >= 4 is 12.0 Å². The summed E-state index contributed by atoms with van der Waals surface area (Å²) in [6.07, 6.45) is 13.4. The molecule has 0 aromatic rings. The van der Waals surface area contributed by atoms with E-state index in [0.717, 1.165) is 18.4 Å². The van der Waals surface area contributed by atoms with E-state index >= 15 is 0 Å². The van der Waals surface area contributed by atoms with Crippen LogP contribution in [0, 0.1) is 0 Å². The second-order valence-corrected chi connectivity index (χ2v) is 3.55. The first-order valence-corrected chi connectivity index (χ1v) is 7.79. The van der Waals surface area contributed by atoms with Crippen molar-refractivity contribution < 1.29 is 4.79 Å². The van der Waals surface area contributed by atoms with Crippen molar-refractivity contribution in [3.63, 3.8) is 0 Å². The zero-order chi connectivity index (χ0) is 17.1. The van der Waals surface area contributed by atoms with E-state index in [1.807, 2.05) is 60.7 Å². The number of hydrogen-bond acceptors (Lipinski definition) is 2. The van der Waals surface area contributed by atoms with Gasteiger partial charge in [0.15, 0.2) is 0 Å². The molecule has 0 bridgehead atoms. The Kier molecular flexibility index (Phi) is 23.9. The second-order valence-electron chi connectivity index (χ2n) is 3.55. The van der Waals surface area contributed by atoms with Gasteiger partial charge in [-0.2, -0.15) is 0 Å². The second kappa shape index (κ2) is 20.6. The maximum atomic E-state index is 9.48. The Morgan fingerprint density at radius 3 is 2.05 bits per heavy atom. The summed E-state index contributed by atoms with van der Waals surface area (Å²) in [7, 11) is 1.82. The topological polar surface area (TPSA) is 29.4 Å². The van der Waals surface area contributed by atoms with E-state index in [-0.39, 0.29) is 0 Å². The summed E-state index contributed by atoms with van der Waals surface area (Å²) >= 11 is 0. The van der Waals surface area contributed by atoms with E-state index in [1.165, 1.54) is 17.2 Å². The molecule has 0 N–H and O–H groups in total. The number of carbonyl (C=O) groups is 1. The summed E-state index contributed by atoms with van der Waals surface area (Å²) in [4.78, 5) is 13.6. The summed E-state index contributed by atoms with van der Waals surface area (Å²) in [5.74, 6) is 0. The lowest BCUT2D eigenvalue weighted by Crippen LogP contribution is -2.00. The standard InChI is InChI=1S/C10H13N.C5H8O.2C2H6/c1-4-9-7-8(2)5-6-10(9)11-3;1-2-3-4-5-6;2*1-2/h4-7H,1-3H3;3-5H,2H2,1H3;2*1-2H3/b9-4-,11-10?;4-3+;;. The van der Waals surface area contributed by atoms with Gasteiger partial charge in [0.2, 0.25) is 0 Å². The van der Waals surface area contributed by atoms with Crippen molar-refractivity contribution in [2.24, 2.45) is 4.99 Å². The SMILES string of the molecule is C/C=C1/C=C(C)C=CC1=NC.CC.CC.CC/C=C/C=O. The number of carbonyl (C=O) groups excluding carboxylic acids is 1. The highest BCUT2D eigenvalue weighted by atomic mass is 16.1. The fraction of sp³-hybridized carbons (Fsp3) is 0.474. The van der Waals surface area contributed by atoms with Crippen LogP contribution in [0.25, 0.3) is 0 Å². The molecule has 2 nitrogen and oxygen atoms in total. The predicted molar refractivity (Wildman–Crippen MR) is 98.2 cm³/mol. The van der Waals surface area contributed by atoms with Gasteiger partial charge in [-0.1, -0.05) is 64.5 Å². The van der Waals surface area contributed by atoms with E-state index in [0.29, 0.717) is 0 Å². The molecule has 0 saturated heterocycles. The van der Waals surface area contributed by atoms with Gasteiger partial charge in [-0.15, -0.1) is 0 Å². The fourth-order valence-electron chi connectivity index (χ4n) is 1.30. The molecule has 0 aromatic heterocycles. The fourth-order valence-corrected chi connectivity index (χ4v) is 1.30. The molecule has 1 aliphatic carbocycles. The molecule has 0 radical (unpaired) electrons. The lowest BCUT2D eigenvalue weighted by molar-refractivity contribution is -0.104. The van der Waals surface area contributed by atoms with Gasteiger partial charge in [-0.05, 0) is 38.0 Å². The van der Waals surface area contributed by atoms with Gasteiger partial charge in [-0.3, -0.25) is 9.79 Å². The zero-order valence-electron chi connectivity index (χ0n) is 15.1. The van der Waals surface area contributed by atoms with Crippen LogP contribution in [0.3, 0.4) is 0 Å². The third-order valence-electron chi connectivity index (χ3n) is 2.19. The van der Waals surface area contributed by atoms with Crippen molar-refractivity contribution in [1.29, 1.82) is 0 Å². The molecule has 0 saturated carbocycles. The van der Waals surface area contributed by atoms with Crippen LogP contribution in [0.2, 0.25) is 0 Å². The maximum absolute atomic E-state index is 9.48. The zero-order valence-corrected chi connectivity index (χ0v) is 15.1. The summed E-state index contributed by atoms with van der Waals surface area (Å²) < 4.78 is 0. The number of hydrogen-bond donors (Lipinski definition) is 0. The van der Waals surface area contributed by atoms with Gasteiger partial charge in [0.25, 0.3) is 0 Å². The molecule has 0 aliphatic heterocycles. The Bertz CT molecular complexity index is 382. The van der Waals surface area contributed by atoms with Gasteiger partial charge in [0.1, 0.15) is 6.29 Å². The van der Waals surface area contributed by atoms with Crippen molar-refractivity contribution in [3.8, 4) is 0 Å². The Balaban J connectivity index is -0.000000277. The summed E-state index contributed by atoms with van der Waals surface area (Å²) in [6, 6.07) is 0. The quantitative estimate of drug-likeness (QED) is 0.472. The van der Waals surface area contributed by atoms with Gasteiger partial charge in [0, 0.05) is 7.05 Å². The molecule has 0 unspecified atom stereocenters. The smallest absolute Gasteiger partial charge is 0.142 e. The monoisotopic (exact) mass is 291 g/mol. The normalized spacial score (nSPS) is 16.1. The highest BCUT2D eigenvalue weighted by Crippen LogP contribution is 2.12. The van der Waals surface area contributed by atoms with Crippen LogP contribution in [0.4, 0.5) is 0 Å². The molecule has 0 amide bonds. The van der Waals surface area contributed by atoms with Crippen LogP contribution in [0.5, 0.6) is 0 Å². The number of rotatable bonds is 2. The number of aliphatic imine (C=N–C) groups is 1. The summed E-state index contributed by atoms with van der Waals surface area (Å²) in [6.45, 7) is 14.1. The number of allylic oxidation sites excluding steroid dienone is 8. The maximum Gasteiger partial charge on any atom is 0.142 e. The Morgan fingerprint density at radius 2 is 1.71 bits per heavy atom. The Labute approximate surface area is 132 Å². The largest absolute Gasteiger partial charge is 0.299 e. The van der Waals surface area contributed by atoms with Crippen LogP contribution in [-0.4, -0.2) is 19.0 Å². The third-order valence-corrected chi connectivity index (χ3v) is 2.19. The minimum atomic E-state index is 0.781. The van der Waals surface area contributed by atoms with Crippen molar-refractivity contribution in [3.05, 3.63) is 47.6 Å². The van der Waals surface area contributed by atoms with Crippen LogP contribution in [0.15, 0.2) is 52.6 Å². The lowest BCUT2D eigenvalue weighted by Gasteiger charge is -2.07. The third kappa shape index (κ3) is 14.5. The van der Waals surface area contributed by atoms with Gasteiger partial charge in [0.05, 0.1) is 5.71 Å². The first kappa shape index (κ1) is 24.3. The molecule has 1 aliphatic rings. The highest BCUT2D eigenvalue weighted by Gasteiger charge is 2.02. The first-order chi connectivity index (χ1) is 10.2. The highest BCUT2D eigenvalue weighted by molar-refractivity contribution is 6.11. The Hall–Kier alpha value is -1.70. The van der Waals surface area contributed by atoms with Crippen molar-refractivity contribution in [1.82, 2.24) is 0 Å². The number of nitrogens with zero attached hydrogens (tertiary/aromatic N) is 1. The average Bonchev–Trinajstić information content (AvgIpc) is 2.57. The molecule has 0 aromatic carbocycles. The van der Waals surface area contributed by atoms with E-state index in [1.54, 1.807) is 0 Å². The molecular weight excluding hydrogens is 258 g/mol. The van der Waals surface area contributed by atoms with Crippen molar-refractivity contribution in [2.45, 2.75) is 54.9 Å². The molecule has 0 atom stereocenters. The molecule has 1 rings (SSSR count). The van der Waals surface area contributed by atoms with Crippen LogP contribution < -0.4 is 0 Å². The predicted octanol–water partition coefficient (Wildman–Crippen LogP) is 5.72. The van der Waals surface area contributed by atoms with Crippen LogP contribution in [0.1, 0.15) is 54.9 Å². The molecule has 0 spiro atoms. The van der Waals surface area contributed by atoms with E-state index < -0.39 is 0 Å². The van der Waals surface area contributed by atoms with E-state index in [4.69, 9.17) is 0 Å².